The smallest absolute Gasteiger partial charge is 0.303 e. The number of para-hydroxylation sites is 2. The van der Waals surface area contributed by atoms with Gasteiger partial charge in [-0.1, -0.05) is 88.1 Å². The third-order valence-corrected chi connectivity index (χ3v) is 25.0. The van der Waals surface area contributed by atoms with Gasteiger partial charge in [0, 0.05) is 125 Å². The number of thioether (sulfide) groups is 1. The number of primary amides is 2. The van der Waals surface area contributed by atoms with E-state index in [1.807, 2.05) is 13.8 Å². The van der Waals surface area contributed by atoms with E-state index in [-0.39, 0.29) is 88.9 Å². The zero-order valence-corrected chi connectivity index (χ0v) is 76.5. The van der Waals surface area contributed by atoms with Gasteiger partial charge in [-0.25, -0.2) is 4.98 Å². The normalized spacial score (nSPS) is 24.8. The zero-order valence-electron chi connectivity index (χ0n) is 75.7. The molecule has 17 amide bonds. The molecule has 3 aliphatic rings. The first-order valence-corrected chi connectivity index (χ1v) is 45.8. The molecule has 3 fully saturated rings. The van der Waals surface area contributed by atoms with Crippen LogP contribution in [0.4, 0.5) is 0 Å². The summed E-state index contributed by atoms with van der Waals surface area (Å²) in [4.78, 5) is 281. The van der Waals surface area contributed by atoms with E-state index in [4.69, 9.17) is 22.9 Å². The largest absolute Gasteiger partial charge is 0.508 e. The van der Waals surface area contributed by atoms with Crippen LogP contribution in [0.25, 0.3) is 21.8 Å². The van der Waals surface area contributed by atoms with E-state index >= 15 is 38.4 Å². The number of carboxylic acid groups (broad SMARTS) is 1. The molecule has 6 heterocycles. The number of nitrogens with one attached hydrogen (secondary N) is 13. The highest BCUT2D eigenvalue weighted by Gasteiger charge is 2.47. The van der Waals surface area contributed by atoms with E-state index in [1.54, 1.807) is 60.9 Å². The highest BCUT2D eigenvalue weighted by Crippen LogP contribution is 2.28. The lowest BCUT2D eigenvalue weighted by Crippen LogP contribution is -2.61. The average molecular weight is 1880 g/mol. The standard InChI is InChI=1S/C89H123N23O21S/c1-7-9-20-68-82(126)101-60(30-32-91)79(123)107-67(77(121)97-43-73(93)116)45-134-46-74(117)99-64(34-49-23-25-53(113)26-24-49)85(129)108(4)48(3)76(120)105-66(39-72(92)115)88(132)111-33-15-22-69(111)83(127)104-63(37-52-42-94-47-98-52)81(125)102-61(27-28-75(118)119)87(131)112-44-54(114)38-71(112)84(128)103-62(35-50-40-95-57-18-13-11-16-55(50)57)80(124)100-59(29-31-90)78(122)106-65(36-51-41-96-58-19-14-12-17-56(51)58)86(130)110(6)70(21-10-8-2)89(133)109(68)5/h11-14,16-19,23-26,40-42,47-48,54,59-71,95-96,113-114H,7-10,15,20-22,27-39,43-46,90-91H2,1-6H3,(H2,92,115)(H2,93,116)(H,94,98)(H,97,121)(H,99,117)(H,100,124)(H,101,126)(H,102,125)(H,103,128)(H,104,127)(H,105,120)(H,106,122)(H,107,123)(H,118,119)/t48?,54-,59+,60+,61+,62+,63+,64+,65+,66+,67+,68+,69?,70+,71+/m1/s1. The number of aliphatic hydroxyl groups is 1. The molecule has 0 aliphatic carbocycles. The molecular weight excluding hydrogens is 1760 g/mol. The Labute approximate surface area is 776 Å². The van der Waals surface area contributed by atoms with Gasteiger partial charge in [-0.2, -0.15) is 0 Å². The van der Waals surface area contributed by atoms with E-state index in [1.165, 1.54) is 64.9 Å². The van der Waals surface area contributed by atoms with Gasteiger partial charge in [0.25, 0.3) is 0 Å². The molecule has 9 rings (SSSR count). The number of likely N-dealkylation sites (N-methyl/N-ethyl adjacent to an activating group) is 3. The number of nitrogens with zero attached hydrogens (tertiary/aromatic N) is 6. The summed E-state index contributed by atoms with van der Waals surface area (Å²) in [7, 11) is 3.91. The van der Waals surface area contributed by atoms with Crippen LogP contribution >= 0.6 is 11.8 Å². The average Bonchev–Trinajstić information content (AvgIpc) is 1.13. The molecule has 2 unspecified atom stereocenters. The number of H-pyrrole nitrogens is 3. The lowest BCUT2D eigenvalue weighted by molar-refractivity contribution is -0.149. The van der Waals surface area contributed by atoms with Crippen molar-refractivity contribution >= 4 is 140 Å². The maximum Gasteiger partial charge on any atom is 0.303 e. The van der Waals surface area contributed by atoms with Gasteiger partial charge >= 0.3 is 5.97 Å². The van der Waals surface area contributed by atoms with Gasteiger partial charge in [-0.05, 0) is 106 Å². The van der Waals surface area contributed by atoms with E-state index < -0.39 is 254 Å². The molecule has 44 nitrogen and oxygen atoms in total. The monoisotopic (exact) mass is 1880 g/mol. The number of carboxylic acids is 1. The summed E-state index contributed by atoms with van der Waals surface area (Å²) in [5, 5.41) is 59.3. The number of hydrogen-bond donors (Lipinski definition) is 20. The molecule has 134 heavy (non-hydrogen) atoms. The van der Waals surface area contributed by atoms with Gasteiger partial charge in [0.2, 0.25) is 100 Å². The Hall–Kier alpha value is -13.6. The minimum Gasteiger partial charge on any atom is -0.508 e. The van der Waals surface area contributed by atoms with Crippen LogP contribution in [0.3, 0.4) is 0 Å². The molecular formula is C89H123N23O21S. The number of phenols is 1. The quantitative estimate of drug-likeness (QED) is 0.0249. The van der Waals surface area contributed by atoms with Gasteiger partial charge in [0.1, 0.15) is 90.3 Å². The van der Waals surface area contributed by atoms with Crippen molar-refractivity contribution in [1.29, 1.82) is 0 Å². The van der Waals surface area contributed by atoms with Crippen molar-refractivity contribution in [3.63, 3.8) is 0 Å². The second-order valence-electron chi connectivity index (χ2n) is 33.8. The minimum absolute atomic E-state index is 0.000122. The summed E-state index contributed by atoms with van der Waals surface area (Å²) in [6.45, 7) is 2.98. The van der Waals surface area contributed by atoms with Crippen molar-refractivity contribution in [1.82, 2.24) is 97.6 Å². The number of phenolic OH excluding ortho intramolecular Hbond substituents is 1. The topological polar surface area (TPSA) is 669 Å². The molecule has 0 saturated carbocycles. The first kappa shape index (κ1) is 104. The lowest BCUT2D eigenvalue weighted by atomic mass is 9.99. The Morgan fingerprint density at radius 3 is 1.62 bits per heavy atom. The van der Waals surface area contributed by atoms with Gasteiger partial charge in [0.05, 0.1) is 31.1 Å². The third kappa shape index (κ3) is 28.5. The van der Waals surface area contributed by atoms with Crippen LogP contribution in [0.5, 0.6) is 5.75 Å². The Bertz CT molecular complexity index is 5190. The number of aromatic hydroxyl groups is 1. The number of aromatic amines is 3. The number of carbonyl (C=O) groups excluding carboxylic acids is 17. The molecule has 726 valence electrons. The zero-order chi connectivity index (χ0) is 97.7. The summed E-state index contributed by atoms with van der Waals surface area (Å²) in [5.74, 6) is -19.0. The predicted octanol–water partition coefficient (Wildman–Crippen LogP) is -3.67. The number of aliphatic hydroxyl groups excluding tert-OH is 1. The third-order valence-electron chi connectivity index (χ3n) is 24.0. The van der Waals surface area contributed by atoms with Crippen molar-refractivity contribution in [2.75, 3.05) is 65.4 Å². The van der Waals surface area contributed by atoms with Crippen molar-refractivity contribution in [2.45, 2.75) is 227 Å². The van der Waals surface area contributed by atoms with Gasteiger partial charge in [-0.3, -0.25) is 86.3 Å². The Kier molecular flexibility index (Phi) is 38.7. The van der Waals surface area contributed by atoms with Crippen molar-refractivity contribution in [3.8, 4) is 5.75 Å². The summed E-state index contributed by atoms with van der Waals surface area (Å²) < 4.78 is 0. The lowest BCUT2D eigenvalue weighted by Gasteiger charge is -2.36. The Morgan fingerprint density at radius 2 is 1.04 bits per heavy atom. The number of aliphatic carboxylic acids is 1. The summed E-state index contributed by atoms with van der Waals surface area (Å²) in [6, 6.07) is -2.55. The minimum atomic E-state index is -1.84. The number of rotatable bonds is 26. The first-order chi connectivity index (χ1) is 63.9. The fourth-order valence-corrected chi connectivity index (χ4v) is 17.4. The maximum atomic E-state index is 15.8. The molecule has 3 aromatic heterocycles. The van der Waals surface area contributed by atoms with E-state index in [0.717, 1.165) is 36.3 Å². The molecule has 45 heteroatoms. The highest BCUT2D eigenvalue weighted by atomic mass is 32.2. The number of aromatic nitrogens is 4. The first-order valence-electron chi connectivity index (χ1n) is 44.6. The Balaban J connectivity index is 1.10. The molecule has 0 spiro atoms. The molecule has 3 saturated heterocycles. The van der Waals surface area contributed by atoms with Crippen LogP contribution in [0.15, 0.2) is 97.7 Å². The van der Waals surface area contributed by atoms with Crippen LogP contribution in [0.2, 0.25) is 0 Å². The molecule has 3 aromatic carbocycles. The van der Waals surface area contributed by atoms with Crippen LogP contribution in [-0.2, 0) is 112 Å². The summed E-state index contributed by atoms with van der Waals surface area (Å²) in [5.41, 5.74) is 26.3. The number of fused-ring (bicyclic) bond motifs is 4. The number of unbranched alkanes of at least 4 members (excludes halogenated alkanes) is 2. The number of hydrogen-bond acceptors (Lipinski definition) is 24. The van der Waals surface area contributed by atoms with Crippen molar-refractivity contribution in [2.24, 2.45) is 22.9 Å². The number of nitrogens with two attached hydrogens (primary N) is 4. The van der Waals surface area contributed by atoms with E-state index in [2.05, 4.69) is 73.1 Å². The van der Waals surface area contributed by atoms with E-state index in [9.17, 15) is 63.3 Å². The van der Waals surface area contributed by atoms with Gasteiger partial charge < -0.3 is 131 Å². The molecule has 0 radical (unpaired) electrons. The van der Waals surface area contributed by atoms with Gasteiger partial charge in [0.15, 0.2) is 0 Å². The molecule has 0 bridgehead atoms. The second kappa shape index (κ2) is 49.8. The second-order valence-corrected chi connectivity index (χ2v) is 34.8. The molecule has 15 atom stereocenters. The SMILES string of the molecule is CCCC[C@H]1C(=O)N(C)[C@@H](CCCC)C(=O)N[C@@H](CCN)C(=O)N[C@H](C(=O)NCC(N)=O)CSCC(=O)N[C@@H](Cc2ccc(O)cc2)C(=O)N(C)C(C)C(=O)N[C@@H](CC(N)=O)C(=O)N2CCCC2C(=O)N[C@@H](Cc2cnc[nH]2)C(=O)N[C@@H](CCC(=O)O)C(=O)N2C[C@H](O)C[C@H]2C(=O)N[C@@H](Cc2c[nH]c3ccccc23)C(=O)N[C@@H](CCN)C(=O)N[C@@H](Cc2c[nH]c3ccccc23)C(=O)N1C. The highest BCUT2D eigenvalue weighted by molar-refractivity contribution is 8.00. The number of benzene rings is 3. The van der Waals surface area contributed by atoms with Crippen molar-refractivity contribution < 1.29 is 102 Å². The number of imidazole rings is 1. The number of carbonyl (C=O) groups is 18. The van der Waals surface area contributed by atoms with Crippen LogP contribution in [-0.4, -0.2) is 322 Å². The summed E-state index contributed by atoms with van der Waals surface area (Å²) >= 11 is 0.762. The fraction of sp³-hybridized carbons (Fsp3) is 0.517. The maximum absolute atomic E-state index is 15.8. The Morgan fingerprint density at radius 1 is 0.522 bits per heavy atom. The molecule has 6 aromatic rings. The fourth-order valence-electron chi connectivity index (χ4n) is 16.5. The van der Waals surface area contributed by atoms with Crippen molar-refractivity contribution in [3.05, 3.63) is 120 Å². The van der Waals surface area contributed by atoms with Crippen LogP contribution in [0, 0.1) is 0 Å². The van der Waals surface area contributed by atoms with Gasteiger partial charge in [-0.15, -0.1) is 11.8 Å². The number of amides is 17. The molecule has 24 N–H and O–H groups in total. The predicted molar refractivity (Wildman–Crippen MR) is 488 cm³/mol. The molecule has 3 aliphatic heterocycles. The van der Waals surface area contributed by atoms with E-state index in [0.29, 0.717) is 64.2 Å². The van der Waals surface area contributed by atoms with Crippen LogP contribution < -0.4 is 76.1 Å². The summed E-state index contributed by atoms with van der Waals surface area (Å²) in [6.07, 6.45) is 1.57. The van der Waals surface area contributed by atoms with Crippen LogP contribution in [0.1, 0.15) is 133 Å².